The average molecular weight is 410 g/mol. The van der Waals surface area contributed by atoms with Crippen molar-refractivity contribution in [2.45, 2.75) is 51.9 Å². The van der Waals surface area contributed by atoms with Gasteiger partial charge in [0.1, 0.15) is 0 Å². The molecule has 152 valence electrons. The van der Waals surface area contributed by atoms with Gasteiger partial charge in [-0.3, -0.25) is 0 Å². The SMILES string of the molecule is C1CN2CCC1CC2.CCCN=C=S.S=C=NCC[N+]12CCC(CC1)CC2. The van der Waals surface area contributed by atoms with Crippen LogP contribution in [0.25, 0.3) is 0 Å². The monoisotopic (exact) mass is 409 g/mol. The van der Waals surface area contributed by atoms with Gasteiger partial charge in [0.15, 0.2) is 0 Å². The fourth-order valence-electron chi connectivity index (χ4n) is 4.80. The highest BCUT2D eigenvalue weighted by Crippen LogP contribution is 2.33. The first-order valence-corrected chi connectivity index (χ1v) is 11.7. The number of hydrogen-bond acceptors (Lipinski definition) is 5. The summed E-state index contributed by atoms with van der Waals surface area (Å²) < 4.78 is 1.32. The molecule has 0 aromatic carbocycles. The minimum absolute atomic E-state index is 0.823. The summed E-state index contributed by atoms with van der Waals surface area (Å²) in [4.78, 5) is 10.3. The van der Waals surface area contributed by atoms with Gasteiger partial charge in [0.25, 0.3) is 0 Å². The third-order valence-corrected chi connectivity index (χ3v) is 7.00. The largest absolute Gasteiger partial charge is 0.322 e. The van der Waals surface area contributed by atoms with Crippen molar-refractivity contribution >= 4 is 34.8 Å². The fourth-order valence-corrected chi connectivity index (χ4v) is 4.98. The summed E-state index contributed by atoms with van der Waals surface area (Å²) in [6, 6.07) is 0. The van der Waals surface area contributed by atoms with E-state index in [-0.39, 0.29) is 0 Å². The molecule has 0 N–H and O–H groups in total. The summed E-state index contributed by atoms with van der Waals surface area (Å²) in [5.74, 6) is 2.16. The Hall–Kier alpha value is -0.480. The Morgan fingerprint density at radius 1 is 0.815 bits per heavy atom. The van der Waals surface area contributed by atoms with E-state index in [1.807, 2.05) is 0 Å². The van der Waals surface area contributed by atoms with Gasteiger partial charge in [0.05, 0.1) is 43.0 Å². The van der Waals surface area contributed by atoms with Crippen molar-refractivity contribution in [3.63, 3.8) is 0 Å². The first kappa shape index (κ1) is 22.8. The van der Waals surface area contributed by atoms with Crippen LogP contribution in [0.2, 0.25) is 0 Å². The van der Waals surface area contributed by atoms with Crippen LogP contribution in [0.3, 0.4) is 0 Å². The van der Waals surface area contributed by atoms with Crippen molar-refractivity contribution in [1.29, 1.82) is 0 Å². The molecule has 27 heavy (non-hydrogen) atoms. The van der Waals surface area contributed by atoms with Gasteiger partial charge in [-0.15, -0.1) is 0 Å². The molecule has 6 rings (SSSR count). The standard InChI is InChI=1S/C10H17N2S.C7H13N.C4H7NS/c13-9-11-4-8-12-5-1-10(2-6-12)3-7-12;1-4-8-5-2-7(1)3-6-8;1-2-3-5-4-6/h10H,1-8H2;7H,1-6H2;2-3H2,1H3/q+1;;. The minimum atomic E-state index is 0.823. The highest BCUT2D eigenvalue weighted by Gasteiger charge is 2.38. The Morgan fingerprint density at radius 2 is 1.30 bits per heavy atom. The molecule has 0 amide bonds. The molecule has 6 heteroatoms. The van der Waals surface area contributed by atoms with E-state index in [0.29, 0.717) is 0 Å². The number of rotatable bonds is 5. The summed E-state index contributed by atoms with van der Waals surface area (Å²) in [7, 11) is 0. The van der Waals surface area contributed by atoms with E-state index in [9.17, 15) is 0 Å². The Kier molecular flexibility index (Phi) is 10.9. The Balaban J connectivity index is 0.000000160. The van der Waals surface area contributed by atoms with Gasteiger partial charge >= 0.3 is 0 Å². The Labute approximate surface area is 176 Å². The van der Waals surface area contributed by atoms with Gasteiger partial charge in [-0.25, -0.2) is 9.98 Å². The lowest BCUT2D eigenvalue weighted by Gasteiger charge is -2.48. The van der Waals surface area contributed by atoms with Crippen molar-refractivity contribution in [1.82, 2.24) is 4.90 Å². The van der Waals surface area contributed by atoms with Crippen LogP contribution < -0.4 is 0 Å². The number of nitrogens with zero attached hydrogens (tertiary/aromatic N) is 4. The number of hydrogen-bond donors (Lipinski definition) is 0. The van der Waals surface area contributed by atoms with Crippen LogP contribution in [-0.2, 0) is 0 Å². The van der Waals surface area contributed by atoms with Crippen LogP contribution in [-0.4, -0.2) is 78.6 Å². The van der Waals surface area contributed by atoms with Crippen molar-refractivity contribution in [3.8, 4) is 0 Å². The topological polar surface area (TPSA) is 28.0 Å². The van der Waals surface area contributed by atoms with Crippen molar-refractivity contribution in [2.24, 2.45) is 21.8 Å². The molecule has 6 heterocycles. The lowest BCUT2D eigenvalue weighted by atomic mass is 9.86. The first-order chi connectivity index (χ1) is 13.2. The van der Waals surface area contributed by atoms with Gasteiger partial charge in [-0.05, 0) is 101 Å². The van der Waals surface area contributed by atoms with Gasteiger partial charge in [0.2, 0.25) is 0 Å². The highest BCUT2D eigenvalue weighted by atomic mass is 32.1. The van der Waals surface area contributed by atoms with Crippen LogP contribution in [0.15, 0.2) is 9.98 Å². The second-order valence-electron chi connectivity index (χ2n) is 8.49. The van der Waals surface area contributed by atoms with E-state index >= 15 is 0 Å². The van der Waals surface area contributed by atoms with E-state index in [1.54, 1.807) is 0 Å². The molecular weight excluding hydrogens is 372 g/mol. The molecule has 0 atom stereocenters. The number of quaternary nitrogens is 1. The van der Waals surface area contributed by atoms with Crippen LogP contribution in [0.1, 0.15) is 51.9 Å². The Bertz CT molecular complexity index is 473. The van der Waals surface area contributed by atoms with Gasteiger partial charge in [-0.1, -0.05) is 6.92 Å². The van der Waals surface area contributed by atoms with Crippen LogP contribution in [0.4, 0.5) is 0 Å². The number of fused-ring (bicyclic) bond motifs is 6. The number of aliphatic imine (C=N–C) groups is 2. The maximum atomic E-state index is 4.58. The molecule has 6 aliphatic rings. The van der Waals surface area contributed by atoms with E-state index in [4.69, 9.17) is 0 Å². The second kappa shape index (κ2) is 12.9. The molecule has 0 aromatic heterocycles. The van der Waals surface area contributed by atoms with Crippen LogP contribution >= 0.6 is 24.4 Å². The van der Waals surface area contributed by atoms with Crippen LogP contribution in [0, 0.1) is 11.8 Å². The maximum absolute atomic E-state index is 4.58. The normalized spacial score (nSPS) is 32.7. The predicted octanol–water partition coefficient (Wildman–Crippen LogP) is 4.32. The summed E-state index contributed by atoms with van der Waals surface area (Å²) in [5, 5.41) is 4.74. The van der Waals surface area contributed by atoms with Gasteiger partial charge < -0.3 is 9.38 Å². The summed E-state index contributed by atoms with van der Waals surface area (Å²) in [5.41, 5.74) is 0. The maximum Gasteiger partial charge on any atom is 0.0993 e. The van der Waals surface area contributed by atoms with E-state index in [1.165, 1.54) is 88.8 Å². The molecule has 4 nitrogen and oxygen atoms in total. The lowest BCUT2D eigenvalue weighted by Crippen LogP contribution is -2.59. The van der Waals surface area contributed by atoms with Crippen molar-refractivity contribution in [3.05, 3.63) is 0 Å². The molecule has 0 aliphatic carbocycles. The molecule has 0 unspecified atom stereocenters. The van der Waals surface area contributed by atoms with E-state index in [0.717, 1.165) is 31.3 Å². The zero-order valence-corrected chi connectivity index (χ0v) is 18.7. The molecule has 0 saturated carbocycles. The molecule has 0 aromatic rings. The smallest absolute Gasteiger partial charge is 0.0993 e. The quantitative estimate of drug-likeness (QED) is 0.384. The second-order valence-corrected chi connectivity index (χ2v) is 8.85. The summed E-state index contributed by atoms with van der Waals surface area (Å²) in [6.45, 7) is 13.3. The minimum Gasteiger partial charge on any atom is -0.322 e. The average Bonchev–Trinajstić information content (AvgIpc) is 2.76. The fraction of sp³-hybridized carbons (Fsp3) is 0.905. The molecular formula is C21H37N4S2+. The summed E-state index contributed by atoms with van der Waals surface area (Å²) >= 11 is 8.88. The molecule has 0 radical (unpaired) electrons. The summed E-state index contributed by atoms with van der Waals surface area (Å²) in [6.07, 6.45) is 9.85. The molecule has 6 fully saturated rings. The van der Waals surface area contributed by atoms with E-state index < -0.39 is 0 Å². The Morgan fingerprint density at radius 3 is 1.63 bits per heavy atom. The number of thiocarbonyl (C=S) groups is 2. The molecule has 4 bridgehead atoms. The predicted molar refractivity (Wildman–Crippen MR) is 121 cm³/mol. The van der Waals surface area contributed by atoms with Gasteiger partial charge in [-0.2, -0.15) is 0 Å². The van der Waals surface area contributed by atoms with Gasteiger partial charge in [0, 0.05) is 6.54 Å². The molecule has 6 aliphatic heterocycles. The number of isothiocyanates is 2. The molecule has 0 spiro atoms. The zero-order valence-electron chi connectivity index (χ0n) is 17.1. The number of piperidine rings is 6. The first-order valence-electron chi connectivity index (χ1n) is 10.9. The third-order valence-electron chi connectivity index (χ3n) is 6.75. The third kappa shape index (κ3) is 8.19. The van der Waals surface area contributed by atoms with E-state index in [2.05, 4.69) is 56.6 Å². The highest BCUT2D eigenvalue weighted by molar-refractivity contribution is 7.78. The molecule has 6 saturated heterocycles. The van der Waals surface area contributed by atoms with Crippen LogP contribution in [0.5, 0.6) is 0 Å². The van der Waals surface area contributed by atoms with Crippen molar-refractivity contribution < 1.29 is 4.48 Å². The lowest BCUT2D eigenvalue weighted by molar-refractivity contribution is -0.941. The zero-order chi connectivity index (χ0) is 19.4. The van der Waals surface area contributed by atoms with Crippen molar-refractivity contribution in [2.75, 3.05) is 58.9 Å².